The van der Waals surface area contributed by atoms with Crippen LogP contribution in [0.15, 0.2) is 35.7 Å². The maximum absolute atomic E-state index is 12.5. The molecule has 1 amide bonds. The SMILES string of the molecule is CCOC(=O)C1CCCN(c2ccc(C(=O)O)cc2NC(=O)c2cccs2)C1. The largest absolute Gasteiger partial charge is 0.478 e. The Morgan fingerprint density at radius 2 is 2.14 bits per heavy atom. The molecule has 0 saturated carbocycles. The Morgan fingerprint density at radius 1 is 1.32 bits per heavy atom. The number of benzene rings is 1. The van der Waals surface area contributed by atoms with Gasteiger partial charge in [0.15, 0.2) is 0 Å². The van der Waals surface area contributed by atoms with Gasteiger partial charge in [0.1, 0.15) is 0 Å². The average Bonchev–Trinajstić information content (AvgIpc) is 3.23. The van der Waals surface area contributed by atoms with Crippen molar-refractivity contribution in [1.82, 2.24) is 0 Å². The van der Waals surface area contributed by atoms with Gasteiger partial charge in [-0.3, -0.25) is 9.59 Å². The number of esters is 1. The molecule has 2 aromatic rings. The van der Waals surface area contributed by atoms with Crippen LogP contribution in [0.25, 0.3) is 0 Å². The molecule has 0 aliphatic carbocycles. The summed E-state index contributed by atoms with van der Waals surface area (Å²) < 4.78 is 5.15. The number of carboxylic acid groups (broad SMARTS) is 1. The van der Waals surface area contributed by atoms with Gasteiger partial charge in [-0.2, -0.15) is 0 Å². The number of nitrogens with zero attached hydrogens (tertiary/aromatic N) is 1. The summed E-state index contributed by atoms with van der Waals surface area (Å²) in [6.07, 6.45) is 1.56. The van der Waals surface area contributed by atoms with Gasteiger partial charge in [0.25, 0.3) is 5.91 Å². The van der Waals surface area contributed by atoms with Crippen molar-refractivity contribution in [2.45, 2.75) is 19.8 Å². The van der Waals surface area contributed by atoms with Gasteiger partial charge >= 0.3 is 11.9 Å². The number of aromatic carboxylic acids is 1. The van der Waals surface area contributed by atoms with E-state index in [2.05, 4.69) is 5.32 Å². The number of hydrogen-bond acceptors (Lipinski definition) is 6. The highest BCUT2D eigenvalue weighted by molar-refractivity contribution is 7.12. The predicted molar refractivity (Wildman–Crippen MR) is 107 cm³/mol. The lowest BCUT2D eigenvalue weighted by Crippen LogP contribution is -2.39. The maximum atomic E-state index is 12.5. The minimum atomic E-state index is -1.07. The minimum absolute atomic E-state index is 0.0872. The summed E-state index contributed by atoms with van der Waals surface area (Å²) in [4.78, 5) is 38.6. The van der Waals surface area contributed by atoms with Crippen LogP contribution >= 0.6 is 11.3 Å². The molecule has 7 nitrogen and oxygen atoms in total. The van der Waals surface area contributed by atoms with E-state index in [-0.39, 0.29) is 23.4 Å². The van der Waals surface area contributed by atoms with Crippen molar-refractivity contribution in [3.63, 3.8) is 0 Å². The van der Waals surface area contributed by atoms with E-state index in [1.807, 2.05) is 4.90 Å². The zero-order valence-electron chi connectivity index (χ0n) is 15.5. The summed E-state index contributed by atoms with van der Waals surface area (Å²) in [6.45, 7) is 3.30. The van der Waals surface area contributed by atoms with Gasteiger partial charge in [0, 0.05) is 13.1 Å². The lowest BCUT2D eigenvalue weighted by atomic mass is 9.97. The Hall–Kier alpha value is -2.87. The van der Waals surface area contributed by atoms with Crippen LogP contribution in [0.3, 0.4) is 0 Å². The van der Waals surface area contributed by atoms with Crippen LogP contribution in [-0.4, -0.2) is 42.6 Å². The molecule has 8 heteroatoms. The number of piperidine rings is 1. The molecule has 0 radical (unpaired) electrons. The quantitative estimate of drug-likeness (QED) is 0.718. The van der Waals surface area contributed by atoms with Gasteiger partial charge in [-0.25, -0.2) is 4.79 Å². The minimum Gasteiger partial charge on any atom is -0.478 e. The molecule has 0 spiro atoms. The Bertz CT molecular complexity index is 865. The molecule has 3 rings (SSSR count). The number of carbonyl (C=O) groups excluding carboxylic acids is 2. The van der Waals surface area contributed by atoms with Crippen LogP contribution in [-0.2, 0) is 9.53 Å². The Balaban J connectivity index is 1.87. The molecule has 1 aromatic heterocycles. The molecule has 1 aromatic carbocycles. The van der Waals surface area contributed by atoms with E-state index in [4.69, 9.17) is 4.74 Å². The van der Waals surface area contributed by atoms with E-state index in [0.717, 1.165) is 12.8 Å². The summed E-state index contributed by atoms with van der Waals surface area (Å²) >= 11 is 1.31. The lowest BCUT2D eigenvalue weighted by molar-refractivity contribution is -0.148. The third-order valence-corrected chi connectivity index (χ3v) is 5.49. The molecular formula is C20H22N2O5S. The van der Waals surface area contributed by atoms with E-state index in [9.17, 15) is 19.5 Å². The highest BCUT2D eigenvalue weighted by Gasteiger charge is 2.28. The molecule has 1 unspecified atom stereocenters. The summed E-state index contributed by atoms with van der Waals surface area (Å²) in [5.41, 5.74) is 1.20. The van der Waals surface area contributed by atoms with E-state index in [1.54, 1.807) is 30.5 Å². The zero-order valence-corrected chi connectivity index (χ0v) is 16.3. The average molecular weight is 402 g/mol. The molecule has 2 N–H and O–H groups in total. The molecule has 2 heterocycles. The van der Waals surface area contributed by atoms with Gasteiger partial charge in [-0.15, -0.1) is 11.3 Å². The van der Waals surface area contributed by atoms with Crippen molar-refractivity contribution in [3.8, 4) is 0 Å². The molecular weight excluding hydrogens is 380 g/mol. The second kappa shape index (κ2) is 8.88. The van der Waals surface area contributed by atoms with Gasteiger partial charge in [0.2, 0.25) is 0 Å². The third-order valence-electron chi connectivity index (χ3n) is 4.62. The second-order valence-corrected chi connectivity index (χ2v) is 7.45. The van der Waals surface area contributed by atoms with E-state index in [0.29, 0.717) is 35.9 Å². The predicted octanol–water partition coefficient (Wildman–Crippen LogP) is 3.48. The molecule has 0 bridgehead atoms. The number of nitrogens with one attached hydrogen (secondary N) is 1. The van der Waals surface area contributed by atoms with Crippen molar-refractivity contribution < 1.29 is 24.2 Å². The Kier molecular flexibility index (Phi) is 6.30. The van der Waals surface area contributed by atoms with Crippen molar-refractivity contribution in [1.29, 1.82) is 0 Å². The summed E-state index contributed by atoms with van der Waals surface area (Å²) in [5.74, 6) is -1.83. The Labute approximate surface area is 166 Å². The fraction of sp³-hybridized carbons (Fsp3) is 0.350. The van der Waals surface area contributed by atoms with Crippen molar-refractivity contribution in [3.05, 3.63) is 46.2 Å². The van der Waals surface area contributed by atoms with Crippen molar-refractivity contribution in [2.75, 3.05) is 29.9 Å². The normalized spacial score (nSPS) is 16.5. The number of amides is 1. The van der Waals surface area contributed by atoms with E-state index in [1.165, 1.54) is 23.5 Å². The fourth-order valence-electron chi connectivity index (χ4n) is 3.29. The Morgan fingerprint density at radius 3 is 2.82 bits per heavy atom. The number of thiophene rings is 1. The smallest absolute Gasteiger partial charge is 0.335 e. The molecule has 1 aliphatic rings. The number of carbonyl (C=O) groups is 3. The first-order valence-corrected chi connectivity index (χ1v) is 10.0. The van der Waals surface area contributed by atoms with Crippen molar-refractivity contribution >= 4 is 40.6 Å². The number of hydrogen-bond donors (Lipinski definition) is 2. The molecule has 28 heavy (non-hydrogen) atoms. The fourth-order valence-corrected chi connectivity index (χ4v) is 3.90. The maximum Gasteiger partial charge on any atom is 0.335 e. The van der Waals surface area contributed by atoms with Gasteiger partial charge in [-0.1, -0.05) is 6.07 Å². The second-order valence-electron chi connectivity index (χ2n) is 6.51. The van der Waals surface area contributed by atoms with Crippen LogP contribution in [0.2, 0.25) is 0 Å². The van der Waals surface area contributed by atoms with Gasteiger partial charge in [0.05, 0.1) is 34.3 Å². The highest BCUT2D eigenvalue weighted by atomic mass is 32.1. The van der Waals surface area contributed by atoms with E-state index < -0.39 is 5.97 Å². The standard InChI is InChI=1S/C20H22N2O5S/c1-2-27-20(26)14-5-3-9-22(12-14)16-8-7-13(19(24)25)11-15(16)21-18(23)17-6-4-10-28-17/h4,6-8,10-11,14H,2-3,5,9,12H2,1H3,(H,21,23)(H,24,25). The topological polar surface area (TPSA) is 95.9 Å². The molecule has 1 saturated heterocycles. The molecule has 148 valence electrons. The van der Waals surface area contributed by atoms with Crippen LogP contribution in [0.1, 0.15) is 39.8 Å². The van der Waals surface area contributed by atoms with Gasteiger partial charge in [-0.05, 0) is 49.4 Å². The van der Waals surface area contributed by atoms with Gasteiger partial charge < -0.3 is 20.1 Å². The number of anilines is 2. The molecule has 1 atom stereocenters. The first-order valence-electron chi connectivity index (χ1n) is 9.13. The van der Waals surface area contributed by atoms with E-state index >= 15 is 0 Å². The van der Waals surface area contributed by atoms with Crippen molar-refractivity contribution in [2.24, 2.45) is 5.92 Å². The first kappa shape index (κ1) is 19.9. The first-order chi connectivity index (χ1) is 13.5. The lowest BCUT2D eigenvalue weighted by Gasteiger charge is -2.34. The highest BCUT2D eigenvalue weighted by Crippen LogP contribution is 2.32. The molecule has 1 aliphatic heterocycles. The number of ether oxygens (including phenoxy) is 1. The van der Waals surface area contributed by atoms with Crippen LogP contribution in [0, 0.1) is 5.92 Å². The third kappa shape index (κ3) is 4.51. The summed E-state index contributed by atoms with van der Waals surface area (Å²) in [7, 11) is 0. The summed E-state index contributed by atoms with van der Waals surface area (Å²) in [6, 6.07) is 8.13. The van der Waals surface area contributed by atoms with Crippen LogP contribution in [0.5, 0.6) is 0 Å². The summed E-state index contributed by atoms with van der Waals surface area (Å²) in [5, 5.41) is 13.9. The zero-order chi connectivity index (χ0) is 20.1. The van der Waals surface area contributed by atoms with Crippen LogP contribution < -0.4 is 10.2 Å². The monoisotopic (exact) mass is 402 g/mol. The van der Waals surface area contributed by atoms with Crippen LogP contribution in [0.4, 0.5) is 11.4 Å². The molecule has 1 fully saturated rings. The number of rotatable bonds is 6. The number of carboxylic acids is 1.